The maximum atomic E-state index is 12.7. The smallest absolute Gasteiger partial charge is 0.250 e. The lowest BCUT2D eigenvalue weighted by Gasteiger charge is -2.17. The van der Waals surface area contributed by atoms with Gasteiger partial charge in [0.25, 0.3) is 0 Å². The first-order valence-corrected chi connectivity index (χ1v) is 12.1. The van der Waals surface area contributed by atoms with Gasteiger partial charge < -0.3 is 10.6 Å². The number of nitrogens with zero attached hydrogens (tertiary/aromatic N) is 1. The molecule has 3 rings (SSSR count). The number of halogens is 2. The van der Waals surface area contributed by atoms with Gasteiger partial charge in [-0.3, -0.25) is 0 Å². The zero-order valence-electron chi connectivity index (χ0n) is 17.8. The minimum atomic E-state index is -3.49. The monoisotopic (exact) mass is 503 g/mol. The van der Waals surface area contributed by atoms with E-state index < -0.39 is 10.0 Å². The first-order chi connectivity index (χ1) is 13.9. The molecule has 0 saturated heterocycles. The van der Waals surface area contributed by atoms with Crippen molar-refractivity contribution >= 4 is 56.3 Å². The van der Waals surface area contributed by atoms with Crippen LogP contribution in [0.15, 0.2) is 52.7 Å². The SMILES string of the molecule is Cc1c(S(=O)(=O)NCCN(C)CCCc2ccc(CN)cc2)sc2ccccc12.Cl.Cl. The lowest BCUT2D eigenvalue weighted by molar-refractivity contribution is 0.334. The molecule has 0 spiro atoms. The maximum absolute atomic E-state index is 12.7. The molecular formula is C22H31Cl2N3O2S2. The zero-order chi connectivity index (χ0) is 20.9. The summed E-state index contributed by atoms with van der Waals surface area (Å²) in [6.07, 6.45) is 2.03. The quantitative estimate of drug-likeness (QED) is 0.431. The summed E-state index contributed by atoms with van der Waals surface area (Å²) >= 11 is 1.33. The number of thiophene rings is 1. The number of benzene rings is 2. The van der Waals surface area contributed by atoms with Crippen molar-refractivity contribution in [2.45, 2.75) is 30.5 Å². The predicted octanol–water partition coefficient (Wildman–Crippen LogP) is 4.35. The topological polar surface area (TPSA) is 75.4 Å². The van der Waals surface area contributed by atoms with Crippen LogP contribution in [0.25, 0.3) is 10.1 Å². The van der Waals surface area contributed by atoms with Crippen LogP contribution < -0.4 is 10.5 Å². The summed E-state index contributed by atoms with van der Waals surface area (Å²) in [6, 6.07) is 16.2. The highest BCUT2D eigenvalue weighted by Gasteiger charge is 2.21. The van der Waals surface area contributed by atoms with Crippen molar-refractivity contribution in [3.8, 4) is 0 Å². The molecule has 2 aromatic carbocycles. The summed E-state index contributed by atoms with van der Waals surface area (Å²) in [5.41, 5.74) is 8.90. The van der Waals surface area contributed by atoms with E-state index in [0.29, 0.717) is 23.8 Å². The number of aryl methyl sites for hydroxylation is 2. The van der Waals surface area contributed by atoms with Crippen molar-refractivity contribution in [3.05, 3.63) is 65.2 Å². The summed E-state index contributed by atoms with van der Waals surface area (Å²) in [6.45, 7) is 4.44. The van der Waals surface area contributed by atoms with Gasteiger partial charge in [0.05, 0.1) is 0 Å². The lowest BCUT2D eigenvalue weighted by atomic mass is 10.1. The van der Waals surface area contributed by atoms with Crippen LogP contribution in [0.3, 0.4) is 0 Å². The van der Waals surface area contributed by atoms with Gasteiger partial charge in [0.1, 0.15) is 4.21 Å². The van der Waals surface area contributed by atoms with Gasteiger partial charge in [-0.05, 0) is 61.5 Å². The number of hydrogen-bond donors (Lipinski definition) is 2. The van der Waals surface area contributed by atoms with Crippen molar-refractivity contribution in [3.63, 3.8) is 0 Å². The third kappa shape index (κ3) is 7.43. The van der Waals surface area contributed by atoms with Crippen LogP contribution in [-0.2, 0) is 23.0 Å². The lowest BCUT2D eigenvalue weighted by Crippen LogP contribution is -2.33. The van der Waals surface area contributed by atoms with Crippen LogP contribution >= 0.6 is 36.2 Å². The van der Waals surface area contributed by atoms with E-state index in [-0.39, 0.29) is 24.8 Å². The Morgan fingerprint density at radius 2 is 1.65 bits per heavy atom. The van der Waals surface area contributed by atoms with Crippen LogP contribution in [0.5, 0.6) is 0 Å². The third-order valence-corrected chi connectivity index (χ3v) is 8.45. The van der Waals surface area contributed by atoms with Crippen molar-refractivity contribution in [1.82, 2.24) is 9.62 Å². The van der Waals surface area contributed by atoms with Gasteiger partial charge in [0.2, 0.25) is 10.0 Å². The van der Waals surface area contributed by atoms with Gasteiger partial charge in [-0.25, -0.2) is 13.1 Å². The molecule has 0 bridgehead atoms. The number of nitrogens with two attached hydrogens (primary N) is 1. The molecule has 0 aliphatic heterocycles. The second kappa shape index (κ2) is 12.7. The Balaban J connectivity index is 0.00000240. The first-order valence-electron chi connectivity index (χ1n) is 9.85. The van der Waals surface area contributed by atoms with E-state index in [0.717, 1.165) is 40.6 Å². The third-order valence-electron chi connectivity index (χ3n) is 5.09. The molecule has 1 aromatic heterocycles. The normalized spacial score (nSPS) is 11.4. The van der Waals surface area contributed by atoms with Gasteiger partial charge in [0, 0.05) is 24.3 Å². The minimum absolute atomic E-state index is 0. The van der Waals surface area contributed by atoms with Gasteiger partial charge in [-0.2, -0.15) is 0 Å². The Bertz CT molecular complexity index is 1050. The summed E-state index contributed by atoms with van der Waals surface area (Å²) in [5, 5.41) is 1.01. The summed E-state index contributed by atoms with van der Waals surface area (Å²) in [7, 11) is -1.46. The average Bonchev–Trinajstić information content (AvgIpc) is 3.06. The number of rotatable bonds is 10. The van der Waals surface area contributed by atoms with Gasteiger partial charge in [0.15, 0.2) is 0 Å². The van der Waals surface area contributed by atoms with Gasteiger partial charge in [-0.1, -0.05) is 42.5 Å². The van der Waals surface area contributed by atoms with Crippen LogP contribution in [0, 0.1) is 6.92 Å². The van der Waals surface area contributed by atoms with Crippen molar-refractivity contribution in [1.29, 1.82) is 0 Å². The molecule has 172 valence electrons. The summed E-state index contributed by atoms with van der Waals surface area (Å²) < 4.78 is 29.6. The number of fused-ring (bicyclic) bond motifs is 1. The molecule has 0 aliphatic carbocycles. The minimum Gasteiger partial charge on any atom is -0.326 e. The summed E-state index contributed by atoms with van der Waals surface area (Å²) in [5.74, 6) is 0. The molecule has 5 nitrogen and oxygen atoms in total. The fraction of sp³-hybridized carbons (Fsp3) is 0.364. The zero-order valence-corrected chi connectivity index (χ0v) is 21.1. The Kier molecular flexibility index (Phi) is 11.4. The molecule has 0 atom stereocenters. The van der Waals surface area contributed by atoms with Crippen LogP contribution in [0.4, 0.5) is 0 Å². The molecular weight excluding hydrogens is 473 g/mol. The molecule has 1 heterocycles. The van der Waals surface area contributed by atoms with E-state index in [1.54, 1.807) is 0 Å². The van der Waals surface area contributed by atoms with E-state index in [1.807, 2.05) is 38.2 Å². The Morgan fingerprint density at radius 3 is 2.29 bits per heavy atom. The Morgan fingerprint density at radius 1 is 1.00 bits per heavy atom. The predicted molar refractivity (Wildman–Crippen MR) is 136 cm³/mol. The van der Waals surface area contributed by atoms with Crippen LogP contribution in [0.1, 0.15) is 23.1 Å². The second-order valence-electron chi connectivity index (χ2n) is 7.34. The molecule has 0 unspecified atom stereocenters. The maximum Gasteiger partial charge on any atom is 0.250 e. The molecule has 0 aliphatic rings. The van der Waals surface area contributed by atoms with E-state index in [1.165, 1.54) is 16.9 Å². The molecule has 31 heavy (non-hydrogen) atoms. The van der Waals surface area contributed by atoms with E-state index in [4.69, 9.17) is 5.73 Å². The highest BCUT2D eigenvalue weighted by Crippen LogP contribution is 2.33. The number of hydrogen-bond acceptors (Lipinski definition) is 5. The molecule has 9 heteroatoms. The first kappa shape index (κ1) is 27.8. The Labute approximate surface area is 201 Å². The van der Waals surface area contributed by atoms with E-state index in [2.05, 4.69) is 33.9 Å². The van der Waals surface area contributed by atoms with Crippen molar-refractivity contribution in [2.75, 3.05) is 26.7 Å². The molecule has 0 amide bonds. The number of nitrogens with one attached hydrogen (secondary N) is 1. The van der Waals surface area contributed by atoms with E-state index >= 15 is 0 Å². The fourth-order valence-corrected chi connectivity index (χ4v) is 6.18. The standard InChI is InChI=1S/C22H29N3O2S2.2ClH/c1-17-20-7-3-4-8-21(20)28-22(17)29(26,27)24-13-15-25(2)14-5-6-18-9-11-19(16-23)12-10-18;;/h3-4,7-12,24H,5-6,13-16,23H2,1-2H3;2*1H. The highest BCUT2D eigenvalue weighted by atomic mass is 35.5. The highest BCUT2D eigenvalue weighted by molar-refractivity contribution is 7.91. The largest absolute Gasteiger partial charge is 0.326 e. The molecule has 3 aromatic rings. The molecule has 0 radical (unpaired) electrons. The van der Waals surface area contributed by atoms with E-state index in [9.17, 15) is 8.42 Å². The second-order valence-corrected chi connectivity index (χ2v) is 10.4. The van der Waals surface area contributed by atoms with Crippen molar-refractivity contribution in [2.24, 2.45) is 5.73 Å². The fourth-order valence-electron chi connectivity index (χ4n) is 3.35. The van der Waals surface area contributed by atoms with Gasteiger partial charge >= 0.3 is 0 Å². The number of sulfonamides is 1. The molecule has 0 saturated carbocycles. The molecule has 3 N–H and O–H groups in total. The Hall–Kier alpha value is -1.19. The van der Waals surface area contributed by atoms with Crippen molar-refractivity contribution < 1.29 is 8.42 Å². The average molecular weight is 505 g/mol. The number of likely N-dealkylation sites (N-methyl/N-ethyl adjacent to an activating group) is 1. The van der Waals surface area contributed by atoms with Gasteiger partial charge in [-0.15, -0.1) is 36.2 Å². The summed E-state index contributed by atoms with van der Waals surface area (Å²) in [4.78, 5) is 2.16. The molecule has 0 fully saturated rings. The van der Waals surface area contributed by atoms with Crippen LogP contribution in [0.2, 0.25) is 0 Å². The van der Waals surface area contributed by atoms with Crippen LogP contribution in [-0.4, -0.2) is 40.0 Å².